The Morgan fingerprint density at radius 3 is 2.43 bits per heavy atom. The molecule has 0 rings (SSSR count). The molecule has 1 atom stereocenters. The van der Waals surface area contributed by atoms with Crippen LogP contribution in [0.3, 0.4) is 0 Å². The van der Waals surface area contributed by atoms with E-state index in [0.717, 1.165) is 6.54 Å². The highest BCUT2D eigenvalue weighted by atomic mass is 16.3. The van der Waals surface area contributed by atoms with Gasteiger partial charge in [-0.1, -0.05) is 13.8 Å². The van der Waals surface area contributed by atoms with E-state index in [9.17, 15) is 9.90 Å². The molecule has 0 bridgehead atoms. The smallest absolute Gasteiger partial charge is 0.239 e. The molecule has 1 unspecified atom stereocenters. The van der Waals surface area contributed by atoms with E-state index in [0.29, 0.717) is 13.0 Å². The normalized spacial score (nSPS) is 13.8. The zero-order chi connectivity index (χ0) is 11.2. The second-order valence-corrected chi connectivity index (χ2v) is 3.93. The highest BCUT2D eigenvalue weighted by molar-refractivity contribution is 5.85. The minimum absolute atomic E-state index is 0.0770. The van der Waals surface area contributed by atoms with Crippen molar-refractivity contribution in [2.45, 2.75) is 45.8 Å². The Balaban J connectivity index is 3.94. The van der Waals surface area contributed by atoms with E-state index in [1.54, 1.807) is 0 Å². The third-order valence-corrected chi connectivity index (χ3v) is 2.16. The van der Waals surface area contributed by atoms with E-state index < -0.39 is 11.6 Å². The minimum atomic E-state index is -0.567. The molecular weight excluding hydrogens is 180 g/mol. The van der Waals surface area contributed by atoms with Crippen LogP contribution in [0.25, 0.3) is 0 Å². The molecule has 14 heavy (non-hydrogen) atoms. The number of amides is 1. The lowest BCUT2D eigenvalue weighted by Crippen LogP contribution is -2.53. The average Bonchev–Trinajstić information content (AvgIpc) is 2.13. The summed E-state index contributed by atoms with van der Waals surface area (Å²) < 4.78 is 0. The van der Waals surface area contributed by atoms with Gasteiger partial charge in [-0.2, -0.15) is 0 Å². The monoisotopic (exact) mass is 202 g/mol. The molecule has 0 fully saturated rings. The van der Waals surface area contributed by atoms with Gasteiger partial charge in [0.15, 0.2) is 0 Å². The van der Waals surface area contributed by atoms with E-state index in [-0.39, 0.29) is 5.91 Å². The largest absolute Gasteiger partial charge is 0.391 e. The SMILES string of the molecule is CCNC(C)(C)C(=O)NCC(O)CC. The van der Waals surface area contributed by atoms with Crippen LogP contribution in [0.5, 0.6) is 0 Å². The van der Waals surface area contributed by atoms with Crippen LogP contribution in [-0.4, -0.2) is 35.7 Å². The van der Waals surface area contributed by atoms with Gasteiger partial charge in [0.1, 0.15) is 0 Å². The molecule has 1 amide bonds. The molecule has 0 aromatic carbocycles. The quantitative estimate of drug-likeness (QED) is 0.579. The van der Waals surface area contributed by atoms with Crippen molar-refractivity contribution < 1.29 is 9.90 Å². The van der Waals surface area contributed by atoms with Gasteiger partial charge in [0.25, 0.3) is 0 Å². The molecule has 0 aromatic rings. The number of hydrogen-bond acceptors (Lipinski definition) is 3. The number of aliphatic hydroxyl groups excluding tert-OH is 1. The molecule has 4 nitrogen and oxygen atoms in total. The highest BCUT2D eigenvalue weighted by Gasteiger charge is 2.25. The summed E-state index contributed by atoms with van der Waals surface area (Å²) in [6.07, 6.45) is 0.207. The van der Waals surface area contributed by atoms with Crippen LogP contribution in [-0.2, 0) is 4.79 Å². The molecule has 0 heterocycles. The maximum Gasteiger partial charge on any atom is 0.239 e. The molecule has 0 aliphatic carbocycles. The first kappa shape index (κ1) is 13.4. The summed E-state index contributed by atoms with van der Waals surface area (Å²) in [6.45, 7) is 8.55. The number of carbonyl (C=O) groups is 1. The Hall–Kier alpha value is -0.610. The Morgan fingerprint density at radius 2 is 2.00 bits per heavy atom. The standard InChI is InChI=1S/C10H22N2O2/c1-5-8(13)7-11-9(14)10(3,4)12-6-2/h8,12-13H,5-7H2,1-4H3,(H,11,14). The van der Waals surface area contributed by atoms with Crippen molar-refractivity contribution in [2.24, 2.45) is 0 Å². The zero-order valence-corrected chi connectivity index (χ0v) is 9.55. The summed E-state index contributed by atoms with van der Waals surface area (Å²) in [5, 5.41) is 15.0. The summed E-state index contributed by atoms with van der Waals surface area (Å²) in [4.78, 5) is 11.6. The van der Waals surface area contributed by atoms with Crippen molar-refractivity contribution in [3.05, 3.63) is 0 Å². The Morgan fingerprint density at radius 1 is 1.43 bits per heavy atom. The summed E-state index contributed by atoms with van der Waals surface area (Å²) in [6, 6.07) is 0. The van der Waals surface area contributed by atoms with Gasteiger partial charge >= 0.3 is 0 Å². The van der Waals surface area contributed by atoms with Gasteiger partial charge in [-0.25, -0.2) is 0 Å². The number of aliphatic hydroxyl groups is 1. The molecule has 4 heteroatoms. The lowest BCUT2D eigenvalue weighted by Gasteiger charge is -2.25. The second kappa shape index (κ2) is 5.98. The van der Waals surface area contributed by atoms with Gasteiger partial charge in [-0.15, -0.1) is 0 Å². The van der Waals surface area contributed by atoms with E-state index in [2.05, 4.69) is 10.6 Å². The van der Waals surface area contributed by atoms with E-state index >= 15 is 0 Å². The van der Waals surface area contributed by atoms with E-state index in [1.807, 2.05) is 27.7 Å². The molecule has 0 aliphatic heterocycles. The molecule has 3 N–H and O–H groups in total. The average molecular weight is 202 g/mol. The summed E-state index contributed by atoms with van der Waals surface area (Å²) >= 11 is 0. The van der Waals surface area contributed by atoms with Crippen molar-refractivity contribution in [1.29, 1.82) is 0 Å². The summed E-state index contributed by atoms with van der Waals surface area (Å²) in [5.74, 6) is -0.0770. The van der Waals surface area contributed by atoms with E-state index in [4.69, 9.17) is 0 Å². The Kier molecular flexibility index (Phi) is 5.72. The fourth-order valence-electron chi connectivity index (χ4n) is 1.10. The van der Waals surface area contributed by atoms with Gasteiger partial charge < -0.3 is 15.7 Å². The van der Waals surface area contributed by atoms with Crippen LogP contribution in [0.1, 0.15) is 34.1 Å². The fourth-order valence-corrected chi connectivity index (χ4v) is 1.10. The summed E-state index contributed by atoms with van der Waals surface area (Å²) in [7, 11) is 0. The number of nitrogens with one attached hydrogen (secondary N) is 2. The van der Waals surface area contributed by atoms with Gasteiger partial charge in [-0.3, -0.25) is 4.79 Å². The maximum atomic E-state index is 11.6. The van der Waals surface area contributed by atoms with Crippen LogP contribution in [0, 0.1) is 0 Å². The first-order valence-corrected chi connectivity index (χ1v) is 5.15. The van der Waals surface area contributed by atoms with Crippen molar-refractivity contribution in [3.8, 4) is 0 Å². The lowest BCUT2D eigenvalue weighted by molar-refractivity contribution is -0.126. The number of hydrogen-bond donors (Lipinski definition) is 3. The zero-order valence-electron chi connectivity index (χ0n) is 9.55. The third-order valence-electron chi connectivity index (χ3n) is 2.16. The fraction of sp³-hybridized carbons (Fsp3) is 0.900. The van der Waals surface area contributed by atoms with Crippen molar-refractivity contribution in [3.63, 3.8) is 0 Å². The number of carbonyl (C=O) groups excluding carboxylic acids is 1. The van der Waals surface area contributed by atoms with Crippen LogP contribution in [0.4, 0.5) is 0 Å². The van der Waals surface area contributed by atoms with Gasteiger partial charge in [0.2, 0.25) is 5.91 Å². The Labute approximate surface area is 86.1 Å². The van der Waals surface area contributed by atoms with Crippen LogP contribution in [0.2, 0.25) is 0 Å². The third kappa shape index (κ3) is 4.58. The van der Waals surface area contributed by atoms with Crippen molar-refractivity contribution >= 4 is 5.91 Å². The molecule has 0 saturated heterocycles. The molecule has 0 aromatic heterocycles. The molecule has 84 valence electrons. The van der Waals surface area contributed by atoms with Crippen molar-refractivity contribution in [1.82, 2.24) is 10.6 Å². The minimum Gasteiger partial charge on any atom is -0.391 e. The molecule has 0 aliphatic rings. The van der Waals surface area contributed by atoms with Crippen LogP contribution < -0.4 is 10.6 Å². The second-order valence-electron chi connectivity index (χ2n) is 3.93. The highest BCUT2D eigenvalue weighted by Crippen LogP contribution is 2.01. The first-order valence-electron chi connectivity index (χ1n) is 5.15. The lowest BCUT2D eigenvalue weighted by atomic mass is 10.0. The van der Waals surface area contributed by atoms with Crippen LogP contribution >= 0.6 is 0 Å². The Bertz CT molecular complexity index is 181. The summed E-state index contributed by atoms with van der Waals surface area (Å²) in [5.41, 5.74) is -0.567. The number of likely N-dealkylation sites (N-methyl/N-ethyl adjacent to an activating group) is 1. The molecular formula is C10H22N2O2. The predicted molar refractivity (Wildman–Crippen MR) is 57.1 cm³/mol. The molecule has 0 saturated carbocycles. The number of rotatable bonds is 6. The van der Waals surface area contributed by atoms with Gasteiger partial charge in [0.05, 0.1) is 11.6 Å². The van der Waals surface area contributed by atoms with Crippen molar-refractivity contribution in [2.75, 3.05) is 13.1 Å². The van der Waals surface area contributed by atoms with Gasteiger partial charge in [-0.05, 0) is 26.8 Å². The molecule has 0 radical (unpaired) electrons. The van der Waals surface area contributed by atoms with Gasteiger partial charge in [0, 0.05) is 6.54 Å². The first-order chi connectivity index (χ1) is 6.44. The maximum absolute atomic E-state index is 11.6. The van der Waals surface area contributed by atoms with E-state index in [1.165, 1.54) is 0 Å². The topological polar surface area (TPSA) is 61.4 Å². The van der Waals surface area contributed by atoms with Crippen LogP contribution in [0.15, 0.2) is 0 Å². The molecule has 0 spiro atoms. The predicted octanol–water partition coefficient (Wildman–Crippen LogP) is 0.262.